The lowest BCUT2D eigenvalue weighted by atomic mass is 10.1. The summed E-state index contributed by atoms with van der Waals surface area (Å²) in [5.74, 6) is 0.849. The first-order valence-electron chi connectivity index (χ1n) is 6.01. The van der Waals surface area contributed by atoms with Crippen LogP contribution in [0.5, 0.6) is 0 Å². The van der Waals surface area contributed by atoms with Crippen LogP contribution in [0.1, 0.15) is 5.56 Å². The van der Waals surface area contributed by atoms with Gasteiger partial charge in [-0.1, -0.05) is 6.07 Å². The highest BCUT2D eigenvalue weighted by Crippen LogP contribution is 2.31. The van der Waals surface area contributed by atoms with Crippen LogP contribution in [0.4, 0.5) is 17.2 Å². The normalized spacial score (nSPS) is 12.8. The Hall–Kier alpha value is -2.27. The van der Waals surface area contributed by atoms with Gasteiger partial charge in [0.05, 0.1) is 15.9 Å². The number of nitrogens with zero attached hydrogens (tertiary/aromatic N) is 3. The molecule has 0 radical (unpaired) electrons. The molecule has 4 rings (SSSR count). The number of nitrogens with one attached hydrogen (secondary N) is 1. The third-order valence-corrected chi connectivity index (χ3v) is 4.04. The third kappa shape index (κ3) is 1.79. The van der Waals surface area contributed by atoms with Gasteiger partial charge in [0.1, 0.15) is 6.33 Å². The highest BCUT2D eigenvalue weighted by atomic mass is 32.1. The van der Waals surface area contributed by atoms with Crippen molar-refractivity contribution in [2.24, 2.45) is 4.99 Å². The molecule has 1 aromatic carbocycles. The SMILES string of the molecule is C1=Nc2cc(Nc3ncnc4ccsc34)ccc2C1. The Kier molecular flexibility index (Phi) is 2.31. The molecule has 0 aliphatic carbocycles. The summed E-state index contributed by atoms with van der Waals surface area (Å²) in [5, 5.41) is 5.37. The number of benzene rings is 1. The zero-order valence-corrected chi connectivity index (χ0v) is 10.8. The van der Waals surface area contributed by atoms with Crippen molar-refractivity contribution in [3.63, 3.8) is 0 Å². The number of thiophene rings is 1. The van der Waals surface area contributed by atoms with Crippen LogP contribution < -0.4 is 5.32 Å². The van der Waals surface area contributed by atoms with Crippen molar-refractivity contribution in [3.8, 4) is 0 Å². The van der Waals surface area contributed by atoms with E-state index in [2.05, 4.69) is 38.5 Å². The molecule has 1 aliphatic rings. The van der Waals surface area contributed by atoms with Crippen LogP contribution in [0.2, 0.25) is 0 Å². The maximum Gasteiger partial charge on any atom is 0.151 e. The fraction of sp³-hybridized carbons (Fsp3) is 0.0714. The van der Waals surface area contributed by atoms with Crippen LogP contribution in [-0.4, -0.2) is 16.2 Å². The van der Waals surface area contributed by atoms with Gasteiger partial charge in [-0.25, -0.2) is 9.97 Å². The quantitative estimate of drug-likeness (QED) is 0.769. The molecule has 0 saturated carbocycles. The molecule has 0 amide bonds. The first-order valence-corrected chi connectivity index (χ1v) is 6.89. The van der Waals surface area contributed by atoms with Crippen molar-refractivity contribution in [1.29, 1.82) is 0 Å². The van der Waals surface area contributed by atoms with Crippen LogP contribution in [0, 0.1) is 0 Å². The van der Waals surface area contributed by atoms with Gasteiger partial charge in [0, 0.05) is 18.3 Å². The summed E-state index contributed by atoms with van der Waals surface area (Å²) in [6, 6.07) is 8.23. The first kappa shape index (κ1) is 10.6. The van der Waals surface area contributed by atoms with Crippen molar-refractivity contribution in [2.45, 2.75) is 6.42 Å². The summed E-state index contributed by atoms with van der Waals surface area (Å²) in [5.41, 5.74) is 4.30. The Labute approximate surface area is 113 Å². The number of aromatic nitrogens is 2. The minimum atomic E-state index is 0.849. The smallest absolute Gasteiger partial charge is 0.151 e. The minimum absolute atomic E-state index is 0.849. The Morgan fingerprint density at radius 3 is 3.16 bits per heavy atom. The molecular weight excluding hydrogens is 256 g/mol. The summed E-state index contributed by atoms with van der Waals surface area (Å²) in [7, 11) is 0. The number of anilines is 2. The van der Waals surface area contributed by atoms with Crippen LogP contribution in [0.3, 0.4) is 0 Å². The monoisotopic (exact) mass is 266 g/mol. The second-order valence-electron chi connectivity index (χ2n) is 4.34. The van der Waals surface area contributed by atoms with Gasteiger partial charge in [-0.05, 0) is 29.1 Å². The summed E-state index contributed by atoms with van der Waals surface area (Å²) in [4.78, 5) is 12.9. The molecule has 0 spiro atoms. The average molecular weight is 266 g/mol. The minimum Gasteiger partial charge on any atom is -0.339 e. The molecule has 0 unspecified atom stereocenters. The van der Waals surface area contributed by atoms with Crippen LogP contribution in [0.25, 0.3) is 10.2 Å². The highest BCUT2D eigenvalue weighted by molar-refractivity contribution is 7.17. The molecule has 0 fully saturated rings. The fourth-order valence-electron chi connectivity index (χ4n) is 2.19. The second kappa shape index (κ2) is 4.13. The summed E-state index contributed by atoms with van der Waals surface area (Å²) >= 11 is 1.64. The third-order valence-electron chi connectivity index (χ3n) is 3.13. The Morgan fingerprint density at radius 2 is 2.16 bits per heavy atom. The molecule has 92 valence electrons. The van der Waals surface area contributed by atoms with E-state index in [1.165, 1.54) is 5.56 Å². The summed E-state index contributed by atoms with van der Waals surface area (Å²) < 4.78 is 1.08. The zero-order valence-electron chi connectivity index (χ0n) is 10.00. The molecule has 5 heteroatoms. The molecule has 0 atom stereocenters. The van der Waals surface area contributed by atoms with Gasteiger partial charge in [0.15, 0.2) is 5.82 Å². The van der Waals surface area contributed by atoms with E-state index in [0.717, 1.165) is 33.8 Å². The predicted octanol–water partition coefficient (Wildman–Crippen LogP) is 3.69. The van der Waals surface area contributed by atoms with Crippen molar-refractivity contribution >= 4 is 45.0 Å². The second-order valence-corrected chi connectivity index (χ2v) is 5.26. The standard InChI is InChI=1S/C14H10N4S/c1-2-10(7-12-9(1)3-5-15-12)18-14-13-11(4-6-19-13)16-8-17-14/h1-2,4-8H,3H2,(H,16,17,18). The molecule has 1 N–H and O–H groups in total. The van der Waals surface area contributed by atoms with Gasteiger partial charge >= 0.3 is 0 Å². The first-order chi connectivity index (χ1) is 9.40. The summed E-state index contributed by atoms with van der Waals surface area (Å²) in [6.07, 6.45) is 4.46. The topological polar surface area (TPSA) is 50.2 Å². The van der Waals surface area contributed by atoms with Gasteiger partial charge in [-0.15, -0.1) is 11.3 Å². The number of hydrogen-bond donors (Lipinski definition) is 1. The van der Waals surface area contributed by atoms with Gasteiger partial charge in [-0.2, -0.15) is 0 Å². The molecule has 4 nitrogen and oxygen atoms in total. The van der Waals surface area contributed by atoms with Gasteiger partial charge < -0.3 is 5.32 Å². The lowest BCUT2D eigenvalue weighted by Crippen LogP contribution is -1.94. The highest BCUT2D eigenvalue weighted by Gasteiger charge is 2.09. The van der Waals surface area contributed by atoms with E-state index >= 15 is 0 Å². The maximum atomic E-state index is 4.36. The molecule has 19 heavy (non-hydrogen) atoms. The molecule has 3 aromatic rings. The Morgan fingerprint density at radius 1 is 1.16 bits per heavy atom. The largest absolute Gasteiger partial charge is 0.339 e. The Balaban J connectivity index is 1.75. The summed E-state index contributed by atoms with van der Waals surface area (Å²) in [6.45, 7) is 0. The lowest BCUT2D eigenvalue weighted by molar-refractivity contribution is 1.22. The molecule has 1 aliphatic heterocycles. The van der Waals surface area contributed by atoms with Crippen LogP contribution >= 0.6 is 11.3 Å². The van der Waals surface area contributed by atoms with E-state index < -0.39 is 0 Å². The Bertz CT molecular complexity index is 791. The molecule has 0 bridgehead atoms. The van der Waals surface area contributed by atoms with Gasteiger partial charge in [-0.3, -0.25) is 4.99 Å². The molecule has 3 heterocycles. The maximum absolute atomic E-state index is 4.36. The number of fused-ring (bicyclic) bond motifs is 2. The van der Waals surface area contributed by atoms with Crippen LogP contribution in [-0.2, 0) is 6.42 Å². The van der Waals surface area contributed by atoms with E-state index in [1.54, 1.807) is 17.7 Å². The molecule has 0 saturated heterocycles. The van der Waals surface area contributed by atoms with Crippen molar-refractivity contribution < 1.29 is 0 Å². The zero-order chi connectivity index (χ0) is 12.7. The van der Waals surface area contributed by atoms with E-state index in [-0.39, 0.29) is 0 Å². The van der Waals surface area contributed by atoms with E-state index in [1.807, 2.05) is 17.7 Å². The van der Waals surface area contributed by atoms with Crippen molar-refractivity contribution in [1.82, 2.24) is 9.97 Å². The number of aliphatic imine (C=N–C) groups is 1. The van der Waals surface area contributed by atoms with E-state index in [9.17, 15) is 0 Å². The van der Waals surface area contributed by atoms with E-state index in [4.69, 9.17) is 0 Å². The molecular formula is C14H10N4S. The average Bonchev–Trinajstić information content (AvgIpc) is 3.06. The van der Waals surface area contributed by atoms with Crippen molar-refractivity contribution in [2.75, 3.05) is 5.32 Å². The number of rotatable bonds is 2. The molecule has 2 aromatic heterocycles. The fourth-order valence-corrected chi connectivity index (χ4v) is 2.98. The lowest BCUT2D eigenvalue weighted by Gasteiger charge is -2.07. The van der Waals surface area contributed by atoms with Crippen molar-refractivity contribution in [3.05, 3.63) is 41.5 Å². The predicted molar refractivity (Wildman–Crippen MR) is 79.0 cm³/mol. The van der Waals surface area contributed by atoms with Gasteiger partial charge in [0.25, 0.3) is 0 Å². The van der Waals surface area contributed by atoms with E-state index in [0.29, 0.717) is 0 Å². The number of hydrogen-bond acceptors (Lipinski definition) is 5. The van der Waals surface area contributed by atoms with Crippen LogP contribution in [0.15, 0.2) is 41.0 Å². The van der Waals surface area contributed by atoms with Gasteiger partial charge in [0.2, 0.25) is 0 Å².